The molecule has 0 aromatic rings. The zero-order valence-electron chi connectivity index (χ0n) is 18.7. The van der Waals surface area contributed by atoms with Crippen LogP contribution in [0.15, 0.2) is 23.8 Å². The van der Waals surface area contributed by atoms with Crippen molar-refractivity contribution in [2.24, 2.45) is 23.7 Å². The van der Waals surface area contributed by atoms with Crippen LogP contribution in [0, 0.1) is 35.5 Å². The summed E-state index contributed by atoms with van der Waals surface area (Å²) in [5, 5.41) is 20.9. The van der Waals surface area contributed by atoms with Gasteiger partial charge in [-0.25, -0.2) is 0 Å². The minimum absolute atomic E-state index is 0.101. The van der Waals surface area contributed by atoms with Gasteiger partial charge in [-0.1, -0.05) is 30.7 Å². The van der Waals surface area contributed by atoms with Gasteiger partial charge in [0.2, 0.25) is 5.91 Å². The summed E-state index contributed by atoms with van der Waals surface area (Å²) >= 11 is 0. The van der Waals surface area contributed by atoms with E-state index in [2.05, 4.69) is 24.0 Å². The molecule has 1 heterocycles. The number of carbonyl (C=O) groups is 1. The fraction of sp³-hybridized carbons (Fsp3) is 0.731. The lowest BCUT2D eigenvalue weighted by molar-refractivity contribution is -0.130. The SMILES string of the molecule is CC#CC[C@H](C)[C@H](O)C=C[C@@H]1[C@H]2CC(CCCCC(=O)N3CCCC3)=C[C@H]2C[C@H]1O. The zero-order valence-corrected chi connectivity index (χ0v) is 18.7. The Bertz CT molecular complexity index is 695. The quantitative estimate of drug-likeness (QED) is 0.340. The Morgan fingerprint density at radius 3 is 2.83 bits per heavy atom. The molecule has 2 fully saturated rings. The molecule has 30 heavy (non-hydrogen) atoms. The Hall–Kier alpha value is -1.57. The van der Waals surface area contributed by atoms with Crippen LogP contribution in [-0.2, 0) is 4.79 Å². The molecule has 4 nitrogen and oxygen atoms in total. The van der Waals surface area contributed by atoms with Gasteiger partial charge in [-0.05, 0) is 69.6 Å². The van der Waals surface area contributed by atoms with Gasteiger partial charge in [0.15, 0.2) is 0 Å². The molecule has 0 aromatic heterocycles. The number of rotatable bonds is 9. The minimum Gasteiger partial charge on any atom is -0.392 e. The van der Waals surface area contributed by atoms with Crippen molar-refractivity contribution in [3.63, 3.8) is 0 Å². The average molecular weight is 414 g/mol. The van der Waals surface area contributed by atoms with Crippen molar-refractivity contribution in [2.45, 2.75) is 83.8 Å². The van der Waals surface area contributed by atoms with Crippen LogP contribution in [-0.4, -0.2) is 46.3 Å². The molecule has 0 radical (unpaired) electrons. The fourth-order valence-electron chi connectivity index (χ4n) is 5.36. The summed E-state index contributed by atoms with van der Waals surface area (Å²) in [5.74, 6) is 7.37. The van der Waals surface area contributed by atoms with E-state index in [9.17, 15) is 15.0 Å². The van der Waals surface area contributed by atoms with Crippen LogP contribution in [0.4, 0.5) is 0 Å². The van der Waals surface area contributed by atoms with E-state index in [-0.39, 0.29) is 17.9 Å². The molecule has 3 rings (SSSR count). The number of nitrogens with zero attached hydrogens (tertiary/aromatic N) is 1. The van der Waals surface area contributed by atoms with Gasteiger partial charge in [0.1, 0.15) is 0 Å². The van der Waals surface area contributed by atoms with Crippen molar-refractivity contribution in [1.82, 2.24) is 4.90 Å². The second kappa shape index (κ2) is 11.2. The highest BCUT2D eigenvalue weighted by molar-refractivity contribution is 5.76. The molecule has 0 spiro atoms. The Labute approximate surface area is 182 Å². The number of allylic oxidation sites excluding steroid dienone is 2. The standard InChI is InChI=1S/C26H39NO3/c1-3-4-9-19(2)24(28)13-12-22-23-17-20(16-21(23)18-25(22)29)10-5-6-11-26(30)27-14-7-8-15-27/h12-13,16,19,21-25,28-29H,5-11,14-15,17-18H2,1-2H3/t19-,21-,22+,23-,24+,25+/m0/s1. The molecule has 3 aliphatic rings. The highest BCUT2D eigenvalue weighted by atomic mass is 16.3. The molecule has 2 aliphatic carbocycles. The number of hydrogen-bond donors (Lipinski definition) is 2. The average Bonchev–Trinajstić information content (AvgIpc) is 3.44. The summed E-state index contributed by atoms with van der Waals surface area (Å²) in [4.78, 5) is 14.2. The number of carbonyl (C=O) groups excluding carboxylic acids is 1. The number of aliphatic hydroxyl groups excluding tert-OH is 2. The predicted octanol–water partition coefficient (Wildman–Crippen LogP) is 4.08. The number of aliphatic hydroxyl groups is 2. The second-order valence-electron chi connectivity index (χ2n) is 9.52. The molecular formula is C26H39NO3. The smallest absolute Gasteiger partial charge is 0.222 e. The Kier molecular flexibility index (Phi) is 8.60. The lowest BCUT2D eigenvalue weighted by atomic mass is 9.88. The van der Waals surface area contributed by atoms with E-state index in [1.807, 2.05) is 24.8 Å². The molecular weight excluding hydrogens is 374 g/mol. The Morgan fingerprint density at radius 1 is 1.33 bits per heavy atom. The second-order valence-corrected chi connectivity index (χ2v) is 9.52. The van der Waals surface area contributed by atoms with Gasteiger partial charge in [-0.3, -0.25) is 4.79 Å². The fourth-order valence-corrected chi connectivity index (χ4v) is 5.36. The summed E-state index contributed by atoms with van der Waals surface area (Å²) in [6.07, 6.45) is 14.2. The first-order chi connectivity index (χ1) is 14.5. The largest absolute Gasteiger partial charge is 0.392 e. The molecule has 2 N–H and O–H groups in total. The summed E-state index contributed by atoms with van der Waals surface area (Å²) < 4.78 is 0. The van der Waals surface area contributed by atoms with E-state index in [4.69, 9.17) is 0 Å². The van der Waals surface area contributed by atoms with Crippen LogP contribution in [0.3, 0.4) is 0 Å². The highest BCUT2D eigenvalue weighted by Crippen LogP contribution is 2.48. The van der Waals surface area contributed by atoms with Crippen molar-refractivity contribution in [3.8, 4) is 11.8 Å². The zero-order chi connectivity index (χ0) is 21.5. The maximum absolute atomic E-state index is 12.2. The van der Waals surface area contributed by atoms with E-state index in [1.165, 1.54) is 5.57 Å². The third kappa shape index (κ3) is 5.99. The van der Waals surface area contributed by atoms with Crippen LogP contribution in [0.2, 0.25) is 0 Å². The summed E-state index contributed by atoms with van der Waals surface area (Å²) in [5.41, 5.74) is 1.50. The van der Waals surface area contributed by atoms with E-state index in [0.29, 0.717) is 30.6 Å². The first kappa shape index (κ1) is 23.1. The van der Waals surface area contributed by atoms with E-state index in [0.717, 1.165) is 58.0 Å². The molecule has 1 saturated carbocycles. The molecule has 166 valence electrons. The molecule has 1 amide bonds. The van der Waals surface area contributed by atoms with E-state index in [1.54, 1.807) is 0 Å². The Balaban J connectivity index is 1.42. The number of fused-ring (bicyclic) bond motifs is 1. The lowest BCUT2D eigenvalue weighted by Gasteiger charge is -2.20. The minimum atomic E-state index is -0.515. The lowest BCUT2D eigenvalue weighted by Crippen LogP contribution is -2.27. The van der Waals surface area contributed by atoms with Gasteiger partial charge in [0, 0.05) is 31.8 Å². The maximum atomic E-state index is 12.2. The molecule has 6 atom stereocenters. The molecule has 0 aromatic carbocycles. The molecule has 4 heteroatoms. The van der Waals surface area contributed by atoms with Crippen molar-refractivity contribution < 1.29 is 15.0 Å². The van der Waals surface area contributed by atoms with Crippen molar-refractivity contribution >= 4 is 5.91 Å². The van der Waals surface area contributed by atoms with Crippen LogP contribution >= 0.6 is 0 Å². The molecule has 1 aliphatic heterocycles. The molecule has 0 bridgehead atoms. The summed E-state index contributed by atoms with van der Waals surface area (Å²) in [6.45, 7) is 5.73. The van der Waals surface area contributed by atoms with Gasteiger partial charge < -0.3 is 15.1 Å². The van der Waals surface area contributed by atoms with Crippen LogP contribution < -0.4 is 0 Å². The van der Waals surface area contributed by atoms with Gasteiger partial charge in [0.05, 0.1) is 12.2 Å². The summed E-state index contributed by atoms with van der Waals surface area (Å²) in [7, 11) is 0. The predicted molar refractivity (Wildman–Crippen MR) is 120 cm³/mol. The topological polar surface area (TPSA) is 60.8 Å². The summed E-state index contributed by atoms with van der Waals surface area (Å²) in [6, 6.07) is 0. The normalized spacial score (nSPS) is 30.1. The van der Waals surface area contributed by atoms with Gasteiger partial charge >= 0.3 is 0 Å². The highest BCUT2D eigenvalue weighted by Gasteiger charge is 2.43. The van der Waals surface area contributed by atoms with Crippen LogP contribution in [0.5, 0.6) is 0 Å². The number of likely N-dealkylation sites (tertiary alicyclic amines) is 1. The van der Waals surface area contributed by atoms with Gasteiger partial charge in [-0.15, -0.1) is 11.8 Å². The monoisotopic (exact) mass is 413 g/mol. The third-order valence-electron chi connectivity index (χ3n) is 7.26. The van der Waals surface area contributed by atoms with E-state index >= 15 is 0 Å². The van der Waals surface area contributed by atoms with Crippen LogP contribution in [0.1, 0.15) is 71.6 Å². The molecule has 0 unspecified atom stereocenters. The van der Waals surface area contributed by atoms with Crippen molar-refractivity contribution in [1.29, 1.82) is 0 Å². The Morgan fingerprint density at radius 2 is 2.10 bits per heavy atom. The maximum Gasteiger partial charge on any atom is 0.222 e. The number of hydrogen-bond acceptors (Lipinski definition) is 3. The third-order valence-corrected chi connectivity index (χ3v) is 7.26. The molecule has 1 saturated heterocycles. The first-order valence-corrected chi connectivity index (χ1v) is 11.9. The van der Waals surface area contributed by atoms with Crippen molar-refractivity contribution in [2.75, 3.05) is 13.1 Å². The van der Waals surface area contributed by atoms with Gasteiger partial charge in [0.25, 0.3) is 0 Å². The first-order valence-electron chi connectivity index (χ1n) is 11.9. The van der Waals surface area contributed by atoms with Crippen molar-refractivity contribution in [3.05, 3.63) is 23.8 Å². The van der Waals surface area contributed by atoms with Crippen LogP contribution in [0.25, 0.3) is 0 Å². The number of amides is 1. The van der Waals surface area contributed by atoms with Gasteiger partial charge in [-0.2, -0.15) is 0 Å². The van der Waals surface area contributed by atoms with E-state index < -0.39 is 6.10 Å². The number of unbranched alkanes of at least 4 members (excludes halogenated alkanes) is 1.